The average molecular weight is 263 g/mol. The molecule has 0 aliphatic rings. The van der Waals surface area contributed by atoms with Crippen molar-refractivity contribution in [3.8, 4) is 11.1 Å². The maximum absolute atomic E-state index is 13.8. The highest BCUT2D eigenvalue weighted by Crippen LogP contribution is 2.31. The van der Waals surface area contributed by atoms with Crippen LogP contribution in [0, 0.1) is 5.82 Å². The Bertz CT molecular complexity index is 771. The van der Waals surface area contributed by atoms with Gasteiger partial charge in [-0.25, -0.2) is 9.18 Å². The van der Waals surface area contributed by atoms with Crippen molar-refractivity contribution in [3.05, 3.63) is 57.7 Å². The zero-order valence-electron chi connectivity index (χ0n) is 9.13. The fraction of sp³-hybridized carbons (Fsp3) is 0. The van der Waals surface area contributed by atoms with Gasteiger partial charge in [-0.15, -0.1) is 0 Å². The summed E-state index contributed by atoms with van der Waals surface area (Å²) in [6, 6.07) is 9.66. The molecule has 0 amide bonds. The molecule has 0 aliphatic heterocycles. The smallest absolute Gasteiger partial charge is 0.306 e. The molecule has 0 bridgehead atoms. The first-order valence-electron chi connectivity index (χ1n) is 5.31. The van der Waals surface area contributed by atoms with Gasteiger partial charge in [0.2, 0.25) is 0 Å². The van der Waals surface area contributed by atoms with Crippen LogP contribution in [0.5, 0.6) is 0 Å². The Hall–Kier alpha value is -2.07. The van der Waals surface area contributed by atoms with Gasteiger partial charge in [-0.3, -0.25) is 0 Å². The number of imidazole rings is 1. The molecule has 2 aromatic carbocycles. The molecular weight excluding hydrogens is 255 g/mol. The van der Waals surface area contributed by atoms with Crippen molar-refractivity contribution >= 4 is 22.6 Å². The predicted molar refractivity (Wildman–Crippen MR) is 69.3 cm³/mol. The molecule has 0 saturated heterocycles. The summed E-state index contributed by atoms with van der Waals surface area (Å²) < 4.78 is 13.8. The molecule has 0 spiro atoms. The zero-order chi connectivity index (χ0) is 12.7. The van der Waals surface area contributed by atoms with Gasteiger partial charge < -0.3 is 9.97 Å². The average Bonchev–Trinajstić information content (AvgIpc) is 2.68. The second-order valence-corrected chi connectivity index (χ2v) is 4.34. The van der Waals surface area contributed by atoms with Crippen molar-refractivity contribution in [2.45, 2.75) is 0 Å². The lowest BCUT2D eigenvalue weighted by Gasteiger charge is -2.05. The second kappa shape index (κ2) is 3.99. The highest BCUT2D eigenvalue weighted by molar-refractivity contribution is 6.33. The van der Waals surface area contributed by atoms with Gasteiger partial charge in [0.1, 0.15) is 5.82 Å². The van der Waals surface area contributed by atoms with Crippen molar-refractivity contribution < 1.29 is 4.39 Å². The van der Waals surface area contributed by atoms with Crippen LogP contribution in [0.15, 0.2) is 41.2 Å². The van der Waals surface area contributed by atoms with E-state index >= 15 is 0 Å². The summed E-state index contributed by atoms with van der Waals surface area (Å²) in [6.07, 6.45) is 0. The first-order valence-corrected chi connectivity index (χ1v) is 5.69. The Morgan fingerprint density at radius 2 is 1.83 bits per heavy atom. The summed E-state index contributed by atoms with van der Waals surface area (Å²) in [7, 11) is 0. The first kappa shape index (κ1) is 11.0. The quantitative estimate of drug-likeness (QED) is 0.694. The Morgan fingerprint density at radius 3 is 2.61 bits per heavy atom. The van der Waals surface area contributed by atoms with Gasteiger partial charge in [0.15, 0.2) is 0 Å². The van der Waals surface area contributed by atoms with Crippen molar-refractivity contribution in [1.29, 1.82) is 0 Å². The van der Waals surface area contributed by atoms with Crippen molar-refractivity contribution in [1.82, 2.24) is 9.97 Å². The molecule has 0 radical (unpaired) electrons. The van der Waals surface area contributed by atoms with Crippen LogP contribution < -0.4 is 5.69 Å². The number of fused-ring (bicyclic) bond motifs is 1. The molecule has 1 aromatic heterocycles. The third-order valence-electron chi connectivity index (χ3n) is 2.77. The van der Waals surface area contributed by atoms with Gasteiger partial charge in [0.25, 0.3) is 0 Å². The summed E-state index contributed by atoms with van der Waals surface area (Å²) >= 11 is 6.00. The number of aromatic amines is 2. The number of rotatable bonds is 1. The van der Waals surface area contributed by atoms with Gasteiger partial charge in [0, 0.05) is 5.56 Å². The third kappa shape index (κ3) is 1.71. The fourth-order valence-corrected chi connectivity index (χ4v) is 2.23. The second-order valence-electron chi connectivity index (χ2n) is 3.94. The number of hydrogen-bond acceptors (Lipinski definition) is 1. The van der Waals surface area contributed by atoms with Crippen LogP contribution in [0.2, 0.25) is 5.02 Å². The van der Waals surface area contributed by atoms with Crippen molar-refractivity contribution in [3.63, 3.8) is 0 Å². The van der Waals surface area contributed by atoms with E-state index < -0.39 is 0 Å². The van der Waals surface area contributed by atoms with Crippen LogP contribution in [0.3, 0.4) is 0 Å². The van der Waals surface area contributed by atoms with Crippen LogP contribution in [-0.2, 0) is 0 Å². The number of H-pyrrole nitrogens is 2. The molecular formula is C13H8ClFN2O. The normalized spacial score (nSPS) is 11.0. The maximum atomic E-state index is 13.8. The first-order chi connectivity index (χ1) is 8.65. The maximum Gasteiger partial charge on any atom is 0.323 e. The predicted octanol–water partition coefficient (Wildman–Crippen LogP) is 3.32. The minimum atomic E-state index is -0.389. The Labute approximate surface area is 106 Å². The monoisotopic (exact) mass is 262 g/mol. The van der Waals surface area contributed by atoms with Crippen LogP contribution >= 0.6 is 11.6 Å². The van der Waals surface area contributed by atoms with Gasteiger partial charge in [0.05, 0.1) is 16.1 Å². The zero-order valence-corrected chi connectivity index (χ0v) is 9.88. The van der Waals surface area contributed by atoms with Gasteiger partial charge in [-0.1, -0.05) is 23.7 Å². The molecule has 1 heterocycles. The lowest BCUT2D eigenvalue weighted by molar-refractivity contribution is 0.631. The Kier molecular flexibility index (Phi) is 2.45. The molecule has 18 heavy (non-hydrogen) atoms. The SMILES string of the molecule is O=c1[nH]c2ccc(-c3c(F)cccc3Cl)cc2[nH]1. The number of nitrogens with one attached hydrogen (secondary N) is 2. The van der Waals surface area contributed by atoms with Gasteiger partial charge >= 0.3 is 5.69 Å². The lowest BCUT2D eigenvalue weighted by atomic mass is 10.0. The lowest BCUT2D eigenvalue weighted by Crippen LogP contribution is -1.99. The van der Waals surface area contributed by atoms with Crippen LogP contribution in [-0.4, -0.2) is 9.97 Å². The molecule has 0 saturated carbocycles. The van der Waals surface area contributed by atoms with E-state index in [1.54, 1.807) is 30.3 Å². The largest absolute Gasteiger partial charge is 0.323 e. The molecule has 5 heteroatoms. The number of aromatic nitrogens is 2. The minimum absolute atomic E-state index is 0.290. The molecule has 3 rings (SSSR count). The van der Waals surface area contributed by atoms with E-state index in [4.69, 9.17) is 11.6 Å². The van der Waals surface area contributed by atoms with Crippen molar-refractivity contribution in [2.24, 2.45) is 0 Å². The molecule has 3 aromatic rings. The Morgan fingerprint density at radius 1 is 1.06 bits per heavy atom. The highest BCUT2D eigenvalue weighted by atomic mass is 35.5. The molecule has 0 aliphatic carbocycles. The van der Waals surface area contributed by atoms with E-state index in [-0.39, 0.29) is 11.5 Å². The topological polar surface area (TPSA) is 48.6 Å². The van der Waals surface area contributed by atoms with E-state index in [0.717, 1.165) is 0 Å². The summed E-state index contributed by atoms with van der Waals surface area (Å²) in [4.78, 5) is 16.4. The third-order valence-corrected chi connectivity index (χ3v) is 3.08. The molecule has 0 atom stereocenters. The van der Waals surface area contributed by atoms with Gasteiger partial charge in [-0.2, -0.15) is 0 Å². The van der Waals surface area contributed by atoms with E-state index in [2.05, 4.69) is 9.97 Å². The molecule has 0 fully saturated rings. The summed E-state index contributed by atoms with van der Waals surface area (Å²) in [5, 5.41) is 0.340. The summed E-state index contributed by atoms with van der Waals surface area (Å²) in [6.45, 7) is 0. The molecule has 90 valence electrons. The van der Waals surface area contributed by atoms with Gasteiger partial charge in [-0.05, 0) is 29.8 Å². The van der Waals surface area contributed by atoms with Crippen LogP contribution in [0.4, 0.5) is 4.39 Å². The standard InChI is InChI=1S/C13H8ClFN2O/c14-8-2-1-3-9(15)12(8)7-4-5-10-11(6-7)17-13(18)16-10/h1-6H,(H2,16,17,18). The molecule has 3 nitrogen and oxygen atoms in total. The van der Waals surface area contributed by atoms with E-state index in [1.165, 1.54) is 6.07 Å². The summed E-state index contributed by atoms with van der Waals surface area (Å²) in [5.74, 6) is -0.389. The van der Waals surface area contributed by atoms with Crippen molar-refractivity contribution in [2.75, 3.05) is 0 Å². The fourth-order valence-electron chi connectivity index (χ4n) is 1.96. The number of hydrogen-bond donors (Lipinski definition) is 2. The Balaban J connectivity index is 2.28. The highest BCUT2D eigenvalue weighted by Gasteiger charge is 2.10. The number of halogens is 2. The molecule has 0 unspecified atom stereocenters. The summed E-state index contributed by atoms with van der Waals surface area (Å²) in [5.41, 5.74) is 1.97. The molecule has 2 N–H and O–H groups in total. The number of benzene rings is 2. The van der Waals surface area contributed by atoms with E-state index in [0.29, 0.717) is 27.2 Å². The van der Waals surface area contributed by atoms with E-state index in [9.17, 15) is 9.18 Å². The van der Waals surface area contributed by atoms with Crippen LogP contribution in [0.25, 0.3) is 22.2 Å². The van der Waals surface area contributed by atoms with E-state index in [1.807, 2.05) is 0 Å². The van der Waals surface area contributed by atoms with Crippen LogP contribution in [0.1, 0.15) is 0 Å². The minimum Gasteiger partial charge on any atom is -0.306 e.